The number of carbonyl (C=O) groups excluding carboxylic acids is 2. The average Bonchev–Trinajstić information content (AvgIpc) is 3.55. The zero-order valence-electron chi connectivity index (χ0n) is 19.9. The van der Waals surface area contributed by atoms with Crippen LogP contribution in [0, 0.1) is 0 Å². The van der Waals surface area contributed by atoms with Crippen molar-refractivity contribution in [2.45, 2.75) is 12.6 Å². The van der Waals surface area contributed by atoms with Gasteiger partial charge in [-0.15, -0.1) is 11.3 Å². The molecule has 2 aromatic carbocycles. The van der Waals surface area contributed by atoms with Crippen molar-refractivity contribution >= 4 is 23.0 Å². The Morgan fingerprint density at radius 1 is 1.06 bits per heavy atom. The molecule has 1 atom stereocenters. The molecule has 0 spiro atoms. The predicted molar refractivity (Wildman–Crippen MR) is 136 cm³/mol. The predicted octanol–water partition coefficient (Wildman–Crippen LogP) is 2.82. The van der Waals surface area contributed by atoms with Crippen LogP contribution in [0.5, 0.6) is 5.75 Å². The molecule has 2 aliphatic heterocycles. The fraction of sp³-hybridized carbons (Fsp3) is 0.286. The molecule has 1 fully saturated rings. The minimum absolute atomic E-state index is 0.136. The van der Waals surface area contributed by atoms with Gasteiger partial charge in [0.05, 0.1) is 42.8 Å². The van der Waals surface area contributed by atoms with Crippen LogP contribution in [-0.4, -0.2) is 61.1 Å². The second-order valence-electron chi connectivity index (χ2n) is 8.93. The number of hydrogen-bond donors (Lipinski definition) is 2. The van der Waals surface area contributed by atoms with Crippen molar-refractivity contribution in [1.29, 1.82) is 0 Å². The van der Waals surface area contributed by atoms with E-state index < -0.39 is 17.7 Å². The number of aliphatic hydroxyl groups is 1. The average molecular weight is 506 g/mol. The minimum Gasteiger partial charge on any atom is -0.503 e. The molecule has 3 aromatic rings. The van der Waals surface area contributed by atoms with Crippen LogP contribution in [-0.2, 0) is 16.1 Å². The SMILES string of the molecule is O=C(C1=C(O)C(=O)N(CC[NH+]2CCOCC2)[C@H]1c1ccc(OCc2ccccc2)cc1)c1cccs1. The number of aliphatic hydroxyl groups excluding tert-OH is 1. The highest BCUT2D eigenvalue weighted by atomic mass is 32.1. The first-order valence-corrected chi connectivity index (χ1v) is 13.0. The van der Waals surface area contributed by atoms with Crippen molar-refractivity contribution in [1.82, 2.24) is 4.90 Å². The van der Waals surface area contributed by atoms with Gasteiger partial charge in [-0.3, -0.25) is 9.59 Å². The zero-order valence-corrected chi connectivity index (χ0v) is 20.7. The molecule has 0 aliphatic carbocycles. The Hall–Kier alpha value is -3.46. The van der Waals surface area contributed by atoms with Crippen molar-refractivity contribution in [3.8, 4) is 5.75 Å². The van der Waals surface area contributed by atoms with Gasteiger partial charge in [-0.1, -0.05) is 48.5 Å². The Labute approximate surface area is 214 Å². The number of nitrogens with zero attached hydrogens (tertiary/aromatic N) is 1. The highest BCUT2D eigenvalue weighted by Crippen LogP contribution is 2.39. The molecule has 1 saturated heterocycles. The second kappa shape index (κ2) is 11.1. The lowest BCUT2D eigenvalue weighted by Crippen LogP contribution is -3.14. The highest BCUT2D eigenvalue weighted by Gasteiger charge is 2.44. The van der Waals surface area contributed by atoms with Gasteiger partial charge in [0, 0.05) is 0 Å². The van der Waals surface area contributed by atoms with Crippen molar-refractivity contribution in [2.24, 2.45) is 0 Å². The van der Waals surface area contributed by atoms with E-state index in [1.165, 1.54) is 16.2 Å². The normalized spacial score (nSPS) is 18.6. The topological polar surface area (TPSA) is 80.5 Å². The molecule has 2 N–H and O–H groups in total. The third-order valence-corrected chi connectivity index (χ3v) is 7.51. The van der Waals surface area contributed by atoms with Gasteiger partial charge in [0.15, 0.2) is 5.76 Å². The van der Waals surface area contributed by atoms with Gasteiger partial charge in [-0.05, 0) is 34.7 Å². The summed E-state index contributed by atoms with van der Waals surface area (Å²) in [6.45, 7) is 4.74. The van der Waals surface area contributed by atoms with E-state index in [9.17, 15) is 14.7 Å². The number of hydrogen-bond acceptors (Lipinski definition) is 6. The van der Waals surface area contributed by atoms with E-state index in [4.69, 9.17) is 9.47 Å². The van der Waals surface area contributed by atoms with Gasteiger partial charge in [0.2, 0.25) is 5.78 Å². The monoisotopic (exact) mass is 505 g/mol. The Bertz CT molecular complexity index is 1220. The summed E-state index contributed by atoms with van der Waals surface area (Å²) in [5, 5.41) is 12.7. The van der Waals surface area contributed by atoms with E-state index in [2.05, 4.69) is 0 Å². The maximum absolute atomic E-state index is 13.4. The van der Waals surface area contributed by atoms with Crippen molar-refractivity contribution in [2.75, 3.05) is 39.4 Å². The first-order valence-electron chi connectivity index (χ1n) is 12.1. The van der Waals surface area contributed by atoms with E-state index >= 15 is 0 Å². The third kappa shape index (κ3) is 5.21. The Balaban J connectivity index is 1.39. The smallest absolute Gasteiger partial charge is 0.290 e. The maximum atomic E-state index is 13.4. The number of benzene rings is 2. The van der Waals surface area contributed by atoms with Crippen molar-refractivity contribution in [3.05, 3.63) is 99.4 Å². The van der Waals surface area contributed by atoms with Crippen LogP contribution in [0.25, 0.3) is 0 Å². The zero-order chi connectivity index (χ0) is 24.9. The van der Waals surface area contributed by atoms with Crippen molar-refractivity contribution in [3.63, 3.8) is 0 Å². The molecule has 0 radical (unpaired) electrons. The first kappa shape index (κ1) is 24.2. The summed E-state index contributed by atoms with van der Waals surface area (Å²) in [6.07, 6.45) is 0. The molecule has 5 rings (SSSR count). The first-order chi connectivity index (χ1) is 17.6. The summed E-state index contributed by atoms with van der Waals surface area (Å²) in [4.78, 5) is 30.0. The van der Waals surface area contributed by atoms with Gasteiger partial charge < -0.3 is 24.4 Å². The van der Waals surface area contributed by atoms with E-state index in [0.29, 0.717) is 37.0 Å². The van der Waals surface area contributed by atoms with Gasteiger partial charge in [0.1, 0.15) is 25.4 Å². The van der Waals surface area contributed by atoms with Gasteiger partial charge in [-0.2, -0.15) is 0 Å². The number of ether oxygens (including phenoxy) is 2. The lowest BCUT2D eigenvalue weighted by atomic mass is 9.95. The summed E-state index contributed by atoms with van der Waals surface area (Å²) >= 11 is 1.30. The molecule has 3 heterocycles. The summed E-state index contributed by atoms with van der Waals surface area (Å²) < 4.78 is 11.4. The Morgan fingerprint density at radius 3 is 2.50 bits per heavy atom. The molecule has 0 unspecified atom stereocenters. The summed E-state index contributed by atoms with van der Waals surface area (Å²) in [6, 6.07) is 20.2. The lowest BCUT2D eigenvalue weighted by Gasteiger charge is -2.30. The Morgan fingerprint density at radius 2 is 1.81 bits per heavy atom. The van der Waals surface area contributed by atoms with Crippen molar-refractivity contribution < 1.29 is 29.1 Å². The largest absolute Gasteiger partial charge is 0.503 e. The lowest BCUT2D eigenvalue weighted by molar-refractivity contribution is -0.907. The number of thiophene rings is 1. The fourth-order valence-corrected chi connectivity index (χ4v) is 5.36. The summed E-state index contributed by atoms with van der Waals surface area (Å²) in [5.41, 5.74) is 1.96. The van der Waals surface area contributed by atoms with Crippen LogP contribution in [0.2, 0.25) is 0 Å². The highest BCUT2D eigenvalue weighted by molar-refractivity contribution is 7.12. The molecule has 1 amide bonds. The van der Waals surface area contributed by atoms with Gasteiger partial charge >= 0.3 is 0 Å². The molecular weight excluding hydrogens is 476 g/mol. The van der Waals surface area contributed by atoms with E-state index in [0.717, 1.165) is 30.8 Å². The van der Waals surface area contributed by atoms with Gasteiger partial charge in [-0.25, -0.2) is 0 Å². The molecule has 186 valence electrons. The molecule has 2 aliphatic rings. The van der Waals surface area contributed by atoms with Crippen LogP contribution in [0.15, 0.2) is 83.4 Å². The standard InChI is InChI=1S/C28H28N2O5S/c31-26(23-7-4-18-36-23)24-25(30(28(33)27(24)32)13-12-29-14-16-34-17-15-29)21-8-10-22(11-9-21)35-19-20-5-2-1-3-6-20/h1-11,18,25,32H,12-17,19H2/p+1/t25-/m0/s1. The number of morpholine rings is 1. The Kier molecular flexibility index (Phi) is 7.46. The van der Waals surface area contributed by atoms with Crippen LogP contribution in [0.1, 0.15) is 26.8 Å². The van der Waals surface area contributed by atoms with Crippen LogP contribution in [0.4, 0.5) is 0 Å². The summed E-state index contributed by atoms with van der Waals surface area (Å²) in [7, 11) is 0. The quantitative estimate of drug-likeness (QED) is 0.437. The molecule has 0 bridgehead atoms. The van der Waals surface area contributed by atoms with E-state index in [1.54, 1.807) is 17.0 Å². The van der Waals surface area contributed by atoms with Gasteiger partial charge in [0.25, 0.3) is 5.91 Å². The van der Waals surface area contributed by atoms with Crippen LogP contribution < -0.4 is 9.64 Å². The fourth-order valence-electron chi connectivity index (χ4n) is 4.68. The minimum atomic E-state index is -0.657. The second-order valence-corrected chi connectivity index (χ2v) is 9.87. The number of nitrogens with one attached hydrogen (secondary N) is 1. The van der Waals surface area contributed by atoms with Crippen LogP contribution in [0.3, 0.4) is 0 Å². The number of Topliss-reactive ketones (excluding diaryl/α,β-unsaturated/α-hetero) is 1. The number of quaternary nitrogens is 1. The molecular formula is C28H29N2O5S+. The van der Waals surface area contributed by atoms with E-state index in [-0.39, 0.29) is 11.4 Å². The molecule has 36 heavy (non-hydrogen) atoms. The number of ketones is 1. The van der Waals surface area contributed by atoms with E-state index in [1.807, 2.05) is 60.0 Å². The maximum Gasteiger partial charge on any atom is 0.290 e. The van der Waals surface area contributed by atoms with Crippen LogP contribution >= 0.6 is 11.3 Å². The third-order valence-electron chi connectivity index (χ3n) is 6.64. The molecule has 0 saturated carbocycles. The number of rotatable bonds is 9. The summed E-state index contributed by atoms with van der Waals surface area (Å²) in [5.74, 6) is -0.584. The molecule has 8 heteroatoms. The number of amides is 1. The molecule has 7 nitrogen and oxygen atoms in total. The molecule has 1 aromatic heterocycles. The number of carbonyl (C=O) groups is 2.